The first-order valence-corrected chi connectivity index (χ1v) is 9.21. The molecule has 0 saturated carbocycles. The van der Waals surface area contributed by atoms with Crippen molar-refractivity contribution in [2.24, 2.45) is 5.73 Å². The van der Waals surface area contributed by atoms with Crippen LogP contribution in [-0.2, 0) is 11.3 Å². The maximum absolute atomic E-state index is 13.3. The SMILES string of the molecule is COC(=O)c1ccc2c(c1)C(=O)c1c-2n(CCCN)c(=O)c2cc([N+](=O)[O-])ccc12.Cl. The van der Waals surface area contributed by atoms with Crippen LogP contribution < -0.4 is 11.3 Å². The van der Waals surface area contributed by atoms with Crippen molar-refractivity contribution < 1.29 is 19.2 Å². The Balaban J connectivity index is 0.00000272. The number of halogens is 1. The minimum Gasteiger partial charge on any atom is -0.465 e. The number of non-ortho nitro benzene ring substituents is 1. The lowest BCUT2D eigenvalue weighted by atomic mass is 10.0. The number of pyridine rings is 1. The van der Waals surface area contributed by atoms with Crippen molar-refractivity contribution in [3.63, 3.8) is 0 Å². The average molecular weight is 444 g/mol. The maximum atomic E-state index is 13.3. The predicted octanol–water partition coefficient (Wildman–Crippen LogP) is 2.68. The minimum absolute atomic E-state index is 0. The van der Waals surface area contributed by atoms with Crippen molar-refractivity contribution in [2.75, 3.05) is 13.7 Å². The van der Waals surface area contributed by atoms with Crippen LogP contribution in [0.1, 0.15) is 32.7 Å². The van der Waals surface area contributed by atoms with Crippen molar-refractivity contribution in [1.29, 1.82) is 0 Å². The number of nitrogens with zero attached hydrogens (tertiary/aromatic N) is 2. The number of rotatable bonds is 5. The molecule has 0 saturated heterocycles. The highest BCUT2D eigenvalue weighted by molar-refractivity contribution is 6.27. The van der Waals surface area contributed by atoms with Crippen LogP contribution in [0.2, 0.25) is 0 Å². The number of benzene rings is 2. The molecule has 0 unspecified atom stereocenters. The van der Waals surface area contributed by atoms with E-state index in [1.165, 1.54) is 42.0 Å². The van der Waals surface area contributed by atoms with Gasteiger partial charge in [-0.1, -0.05) is 6.07 Å². The zero-order chi connectivity index (χ0) is 21.6. The third-order valence-electron chi connectivity index (χ3n) is 5.22. The summed E-state index contributed by atoms with van der Waals surface area (Å²) >= 11 is 0. The van der Waals surface area contributed by atoms with Crippen LogP contribution in [0, 0.1) is 10.1 Å². The van der Waals surface area contributed by atoms with Crippen LogP contribution in [-0.4, -0.2) is 34.9 Å². The molecule has 0 aliphatic heterocycles. The lowest BCUT2D eigenvalue weighted by Crippen LogP contribution is -2.24. The number of nitrogens with two attached hydrogens (primary N) is 1. The molecule has 1 heterocycles. The highest BCUT2D eigenvalue weighted by Crippen LogP contribution is 2.40. The highest BCUT2D eigenvalue weighted by atomic mass is 35.5. The monoisotopic (exact) mass is 443 g/mol. The zero-order valence-electron chi connectivity index (χ0n) is 16.4. The summed E-state index contributed by atoms with van der Waals surface area (Å²) in [5, 5.41) is 11.6. The number of ketones is 1. The molecular weight excluding hydrogens is 426 g/mol. The van der Waals surface area contributed by atoms with Crippen LogP contribution >= 0.6 is 12.4 Å². The van der Waals surface area contributed by atoms with Gasteiger partial charge in [0.25, 0.3) is 11.2 Å². The van der Waals surface area contributed by atoms with E-state index in [4.69, 9.17) is 10.5 Å². The molecule has 1 aromatic heterocycles. The summed E-state index contributed by atoms with van der Waals surface area (Å²) in [6.45, 7) is 0.581. The molecule has 0 bridgehead atoms. The summed E-state index contributed by atoms with van der Waals surface area (Å²) in [6.07, 6.45) is 0.483. The number of hydrogen-bond donors (Lipinski definition) is 1. The fourth-order valence-electron chi connectivity index (χ4n) is 3.84. The van der Waals surface area contributed by atoms with Gasteiger partial charge in [-0.2, -0.15) is 0 Å². The van der Waals surface area contributed by atoms with E-state index < -0.39 is 16.5 Å². The van der Waals surface area contributed by atoms with E-state index in [0.717, 1.165) is 0 Å². The van der Waals surface area contributed by atoms with Gasteiger partial charge < -0.3 is 15.0 Å². The Labute approximate surface area is 182 Å². The quantitative estimate of drug-likeness (QED) is 0.284. The number of ether oxygens (including phenoxy) is 1. The van der Waals surface area contributed by atoms with Crippen LogP contribution in [0.3, 0.4) is 0 Å². The van der Waals surface area contributed by atoms with Gasteiger partial charge in [0.2, 0.25) is 0 Å². The van der Waals surface area contributed by atoms with Gasteiger partial charge >= 0.3 is 5.97 Å². The molecule has 10 heteroatoms. The number of aromatic nitrogens is 1. The number of esters is 1. The van der Waals surface area contributed by atoms with Crippen molar-refractivity contribution in [3.8, 4) is 11.3 Å². The molecule has 0 spiro atoms. The third-order valence-corrected chi connectivity index (χ3v) is 5.22. The van der Waals surface area contributed by atoms with E-state index in [1.807, 2.05) is 0 Å². The molecule has 1 aliphatic rings. The fraction of sp³-hybridized carbons (Fsp3) is 0.190. The Morgan fingerprint density at radius 2 is 1.87 bits per heavy atom. The Bertz CT molecular complexity index is 1310. The number of carbonyl (C=O) groups is 2. The van der Waals surface area contributed by atoms with Gasteiger partial charge in [-0.05, 0) is 31.2 Å². The Morgan fingerprint density at radius 3 is 2.52 bits per heavy atom. The van der Waals surface area contributed by atoms with E-state index >= 15 is 0 Å². The van der Waals surface area contributed by atoms with Crippen LogP contribution in [0.15, 0.2) is 41.2 Å². The molecule has 0 atom stereocenters. The first-order valence-electron chi connectivity index (χ1n) is 9.21. The van der Waals surface area contributed by atoms with Gasteiger partial charge in [-0.3, -0.25) is 19.7 Å². The molecule has 3 aromatic rings. The van der Waals surface area contributed by atoms with Crippen molar-refractivity contribution in [1.82, 2.24) is 4.57 Å². The van der Waals surface area contributed by atoms with Gasteiger partial charge in [0.1, 0.15) is 0 Å². The summed E-state index contributed by atoms with van der Waals surface area (Å²) in [4.78, 5) is 49.0. The van der Waals surface area contributed by atoms with E-state index in [0.29, 0.717) is 29.6 Å². The third kappa shape index (κ3) is 3.37. The van der Waals surface area contributed by atoms with Crippen LogP contribution in [0.4, 0.5) is 5.69 Å². The first-order chi connectivity index (χ1) is 14.4. The minimum atomic E-state index is -0.588. The second kappa shape index (κ2) is 8.29. The second-order valence-corrected chi connectivity index (χ2v) is 6.89. The number of nitro benzene ring substituents is 1. The van der Waals surface area contributed by atoms with E-state index in [1.54, 1.807) is 6.07 Å². The fourth-order valence-corrected chi connectivity index (χ4v) is 3.84. The van der Waals surface area contributed by atoms with E-state index in [2.05, 4.69) is 0 Å². The van der Waals surface area contributed by atoms with E-state index in [9.17, 15) is 24.5 Å². The topological polar surface area (TPSA) is 135 Å². The summed E-state index contributed by atoms with van der Waals surface area (Å²) < 4.78 is 6.17. The molecule has 0 fully saturated rings. The zero-order valence-corrected chi connectivity index (χ0v) is 17.2. The molecule has 0 amide bonds. The molecule has 31 heavy (non-hydrogen) atoms. The molecule has 1 aliphatic carbocycles. The van der Waals surface area contributed by atoms with Crippen LogP contribution in [0.25, 0.3) is 22.0 Å². The molecule has 160 valence electrons. The largest absolute Gasteiger partial charge is 0.465 e. The smallest absolute Gasteiger partial charge is 0.337 e. The Kier molecular flexibility index (Phi) is 5.92. The predicted molar refractivity (Wildman–Crippen MR) is 116 cm³/mol. The summed E-state index contributed by atoms with van der Waals surface area (Å²) in [5.74, 6) is -0.936. The van der Waals surface area contributed by atoms with Crippen molar-refractivity contribution >= 4 is 40.6 Å². The number of hydrogen-bond acceptors (Lipinski definition) is 7. The average Bonchev–Trinajstić information content (AvgIpc) is 3.04. The number of fused-ring (bicyclic) bond motifs is 5. The van der Waals surface area contributed by atoms with Crippen molar-refractivity contribution in [2.45, 2.75) is 13.0 Å². The lowest BCUT2D eigenvalue weighted by molar-refractivity contribution is -0.384. The van der Waals surface area contributed by atoms with E-state index in [-0.39, 0.29) is 52.5 Å². The van der Waals surface area contributed by atoms with Gasteiger partial charge in [-0.25, -0.2) is 4.79 Å². The molecule has 9 nitrogen and oxygen atoms in total. The first kappa shape index (κ1) is 22.1. The maximum Gasteiger partial charge on any atom is 0.337 e. The normalized spacial score (nSPS) is 11.6. The molecule has 4 rings (SSSR count). The highest BCUT2D eigenvalue weighted by Gasteiger charge is 2.33. The van der Waals surface area contributed by atoms with Gasteiger partial charge in [-0.15, -0.1) is 12.4 Å². The number of methoxy groups -OCH3 is 1. The standard InChI is InChI=1S/C21H17N3O6.ClH/c1-30-21(27)11-3-5-14-15(9-11)19(25)17-13-6-4-12(24(28)29)10-16(13)20(26)23(18(14)17)8-2-7-22;/h3-6,9-10H,2,7-8,22H2,1H3;1H. The van der Waals surface area contributed by atoms with Gasteiger partial charge in [0, 0.05) is 35.2 Å². The molecule has 2 aromatic carbocycles. The molecule has 2 N–H and O–H groups in total. The summed E-state index contributed by atoms with van der Waals surface area (Å²) in [5.41, 5.74) is 6.69. The van der Waals surface area contributed by atoms with Gasteiger partial charge in [0.15, 0.2) is 5.78 Å². The number of nitro groups is 1. The van der Waals surface area contributed by atoms with Crippen molar-refractivity contribution in [3.05, 3.63) is 73.6 Å². The summed E-state index contributed by atoms with van der Waals surface area (Å²) in [7, 11) is 1.25. The Hall–Kier alpha value is -3.56. The Morgan fingerprint density at radius 1 is 1.13 bits per heavy atom. The molecular formula is C21H18ClN3O6. The summed E-state index contributed by atoms with van der Waals surface area (Å²) in [6, 6.07) is 8.46. The van der Waals surface area contributed by atoms with Gasteiger partial charge in [0.05, 0.1) is 34.2 Å². The van der Waals surface area contributed by atoms with Crippen LogP contribution in [0.5, 0.6) is 0 Å². The molecule has 0 radical (unpaired) electrons. The number of carbonyl (C=O) groups excluding carboxylic acids is 2. The second-order valence-electron chi connectivity index (χ2n) is 6.89. The lowest BCUT2D eigenvalue weighted by Gasteiger charge is -2.14.